The van der Waals surface area contributed by atoms with Gasteiger partial charge in [0.15, 0.2) is 0 Å². The van der Waals surface area contributed by atoms with Gasteiger partial charge in [0.2, 0.25) is 10.0 Å². The van der Waals surface area contributed by atoms with E-state index in [9.17, 15) is 13.2 Å². The molecular formula is C18H20IN3O3S. The summed E-state index contributed by atoms with van der Waals surface area (Å²) in [4.78, 5) is 16.4. The van der Waals surface area contributed by atoms with Crippen molar-refractivity contribution in [2.45, 2.75) is 17.7 Å². The molecule has 1 saturated heterocycles. The molecule has 0 bridgehead atoms. The molecule has 0 saturated carbocycles. The van der Waals surface area contributed by atoms with E-state index < -0.39 is 10.0 Å². The van der Waals surface area contributed by atoms with Crippen molar-refractivity contribution in [3.8, 4) is 0 Å². The minimum absolute atomic E-state index is 0.0830. The molecule has 3 rings (SSSR count). The number of carbonyl (C=O) groups is 1. The number of nitrogens with one attached hydrogen (secondary N) is 1. The number of carbonyl (C=O) groups excluding carboxylic acids is 1. The Bertz CT molecular complexity index is 866. The van der Waals surface area contributed by atoms with Crippen molar-refractivity contribution in [1.82, 2.24) is 14.6 Å². The first kappa shape index (κ1) is 19.2. The lowest BCUT2D eigenvalue weighted by atomic mass is 9.98. The van der Waals surface area contributed by atoms with Crippen LogP contribution in [0, 0.1) is 9.49 Å². The number of rotatable bonds is 5. The zero-order valence-electron chi connectivity index (χ0n) is 14.1. The highest BCUT2D eigenvalue weighted by atomic mass is 127. The number of hydrogen-bond donors (Lipinski definition) is 1. The summed E-state index contributed by atoms with van der Waals surface area (Å²) in [5.74, 6) is 0.195. The maximum atomic E-state index is 12.6. The van der Waals surface area contributed by atoms with Gasteiger partial charge in [-0.05, 0) is 65.6 Å². The fraction of sp³-hybridized carbons (Fsp3) is 0.333. The highest BCUT2D eigenvalue weighted by Crippen LogP contribution is 2.23. The SMILES string of the molecule is O=C(NCC1CCN(S(=O)(=O)c2cccnc2)CC1)c1ccccc1I. The van der Waals surface area contributed by atoms with Crippen molar-refractivity contribution in [2.75, 3.05) is 19.6 Å². The van der Waals surface area contributed by atoms with E-state index in [1.807, 2.05) is 18.2 Å². The van der Waals surface area contributed by atoms with Gasteiger partial charge in [0.25, 0.3) is 5.91 Å². The molecule has 1 aromatic carbocycles. The minimum atomic E-state index is -3.48. The van der Waals surface area contributed by atoms with Gasteiger partial charge >= 0.3 is 0 Å². The van der Waals surface area contributed by atoms with Crippen LogP contribution >= 0.6 is 22.6 Å². The first-order chi connectivity index (χ1) is 12.5. The van der Waals surface area contributed by atoms with Gasteiger partial charge in [0, 0.05) is 35.6 Å². The maximum Gasteiger partial charge on any atom is 0.252 e. The van der Waals surface area contributed by atoms with Crippen LogP contribution in [0.25, 0.3) is 0 Å². The minimum Gasteiger partial charge on any atom is -0.352 e. The highest BCUT2D eigenvalue weighted by Gasteiger charge is 2.29. The Kier molecular flexibility index (Phi) is 6.25. The molecule has 1 amide bonds. The zero-order chi connectivity index (χ0) is 18.6. The number of piperidine rings is 1. The molecule has 0 radical (unpaired) electrons. The molecule has 1 aliphatic heterocycles. The van der Waals surface area contributed by atoms with Crippen molar-refractivity contribution in [3.05, 3.63) is 57.9 Å². The topological polar surface area (TPSA) is 79.4 Å². The molecule has 8 heteroatoms. The lowest BCUT2D eigenvalue weighted by Gasteiger charge is -2.31. The van der Waals surface area contributed by atoms with Crippen LogP contribution in [0.5, 0.6) is 0 Å². The largest absolute Gasteiger partial charge is 0.352 e. The third-order valence-electron chi connectivity index (χ3n) is 4.52. The monoisotopic (exact) mass is 485 g/mol. The van der Waals surface area contributed by atoms with E-state index in [1.165, 1.54) is 10.5 Å². The van der Waals surface area contributed by atoms with E-state index in [4.69, 9.17) is 0 Å². The molecule has 1 N–H and O–H groups in total. The third kappa shape index (κ3) is 4.41. The Morgan fingerprint density at radius 3 is 2.58 bits per heavy atom. The van der Waals surface area contributed by atoms with Crippen molar-refractivity contribution >= 4 is 38.5 Å². The molecule has 1 aliphatic rings. The molecular weight excluding hydrogens is 465 g/mol. The van der Waals surface area contributed by atoms with Gasteiger partial charge in [-0.2, -0.15) is 4.31 Å². The van der Waals surface area contributed by atoms with Crippen LogP contribution in [0.4, 0.5) is 0 Å². The number of nitrogens with zero attached hydrogens (tertiary/aromatic N) is 2. The second kappa shape index (κ2) is 8.45. The highest BCUT2D eigenvalue weighted by molar-refractivity contribution is 14.1. The summed E-state index contributed by atoms with van der Waals surface area (Å²) >= 11 is 2.15. The Hall–Kier alpha value is -1.52. The van der Waals surface area contributed by atoms with Crippen LogP contribution in [0.1, 0.15) is 23.2 Å². The summed E-state index contributed by atoms with van der Waals surface area (Å²) in [6.45, 7) is 1.48. The van der Waals surface area contributed by atoms with Crippen molar-refractivity contribution < 1.29 is 13.2 Å². The van der Waals surface area contributed by atoms with Crippen molar-refractivity contribution in [1.29, 1.82) is 0 Å². The van der Waals surface area contributed by atoms with Crippen LogP contribution < -0.4 is 5.32 Å². The summed E-state index contributed by atoms with van der Waals surface area (Å²) < 4.78 is 27.6. The summed E-state index contributed by atoms with van der Waals surface area (Å²) in [5.41, 5.74) is 0.671. The predicted octanol–water partition coefficient (Wildman–Crippen LogP) is 2.52. The second-order valence-corrected chi connectivity index (χ2v) is 9.33. The lowest BCUT2D eigenvalue weighted by Crippen LogP contribution is -2.41. The number of pyridine rings is 1. The summed E-state index contributed by atoms with van der Waals surface area (Å²) in [6, 6.07) is 10.6. The van der Waals surface area contributed by atoms with E-state index in [1.54, 1.807) is 24.4 Å². The smallest absolute Gasteiger partial charge is 0.252 e. The molecule has 1 fully saturated rings. The quantitative estimate of drug-likeness (QED) is 0.661. The van der Waals surface area contributed by atoms with Crippen LogP contribution in [0.15, 0.2) is 53.7 Å². The number of sulfonamides is 1. The van der Waals surface area contributed by atoms with Crippen LogP contribution in [-0.2, 0) is 10.0 Å². The summed E-state index contributed by atoms with van der Waals surface area (Å²) in [5, 5.41) is 2.97. The molecule has 0 unspecified atom stereocenters. The van der Waals surface area contributed by atoms with Crippen LogP contribution in [0.2, 0.25) is 0 Å². The van der Waals surface area contributed by atoms with Crippen LogP contribution in [0.3, 0.4) is 0 Å². The fourth-order valence-electron chi connectivity index (χ4n) is 2.98. The van der Waals surface area contributed by atoms with E-state index in [-0.39, 0.29) is 16.7 Å². The van der Waals surface area contributed by atoms with Gasteiger partial charge in [-0.3, -0.25) is 9.78 Å². The first-order valence-electron chi connectivity index (χ1n) is 8.41. The van der Waals surface area contributed by atoms with Crippen LogP contribution in [-0.4, -0.2) is 43.2 Å². The zero-order valence-corrected chi connectivity index (χ0v) is 17.1. The molecule has 1 aromatic heterocycles. The van der Waals surface area contributed by atoms with E-state index in [0.717, 1.165) is 16.4 Å². The van der Waals surface area contributed by atoms with E-state index >= 15 is 0 Å². The van der Waals surface area contributed by atoms with Gasteiger partial charge < -0.3 is 5.32 Å². The van der Waals surface area contributed by atoms with Crippen molar-refractivity contribution in [3.63, 3.8) is 0 Å². The molecule has 138 valence electrons. The van der Waals surface area contributed by atoms with Crippen molar-refractivity contribution in [2.24, 2.45) is 5.92 Å². The fourth-order valence-corrected chi connectivity index (χ4v) is 5.05. The van der Waals surface area contributed by atoms with Gasteiger partial charge in [0.1, 0.15) is 4.90 Å². The normalized spacial score (nSPS) is 16.3. The number of amides is 1. The maximum absolute atomic E-state index is 12.6. The van der Waals surface area contributed by atoms with Gasteiger partial charge in [-0.1, -0.05) is 12.1 Å². The number of aromatic nitrogens is 1. The number of hydrogen-bond acceptors (Lipinski definition) is 4. The summed E-state index contributed by atoms with van der Waals surface area (Å²) in [6.07, 6.45) is 4.39. The second-order valence-electron chi connectivity index (χ2n) is 6.23. The molecule has 2 aromatic rings. The molecule has 0 atom stereocenters. The molecule has 2 heterocycles. The summed E-state index contributed by atoms with van der Waals surface area (Å²) in [7, 11) is -3.48. The molecule has 6 nitrogen and oxygen atoms in total. The Morgan fingerprint density at radius 2 is 1.92 bits per heavy atom. The molecule has 0 aliphatic carbocycles. The first-order valence-corrected chi connectivity index (χ1v) is 10.9. The number of benzene rings is 1. The average Bonchev–Trinajstić information content (AvgIpc) is 2.67. The third-order valence-corrected chi connectivity index (χ3v) is 7.34. The average molecular weight is 485 g/mol. The van der Waals surface area contributed by atoms with E-state index in [2.05, 4.69) is 32.9 Å². The van der Waals surface area contributed by atoms with Gasteiger partial charge in [-0.15, -0.1) is 0 Å². The van der Waals surface area contributed by atoms with Gasteiger partial charge in [-0.25, -0.2) is 8.42 Å². The molecule has 0 spiro atoms. The predicted molar refractivity (Wildman–Crippen MR) is 107 cm³/mol. The molecule has 26 heavy (non-hydrogen) atoms. The van der Waals surface area contributed by atoms with E-state index in [0.29, 0.717) is 25.2 Å². The Balaban J connectivity index is 1.53. The van der Waals surface area contributed by atoms with Gasteiger partial charge in [0.05, 0.1) is 5.56 Å². The lowest BCUT2D eigenvalue weighted by molar-refractivity contribution is 0.0940. The Morgan fingerprint density at radius 1 is 1.19 bits per heavy atom. The standard InChI is InChI=1S/C18H20IN3O3S/c19-17-6-2-1-5-16(17)18(23)21-12-14-7-10-22(11-8-14)26(24,25)15-4-3-9-20-13-15/h1-6,9,13-14H,7-8,10-12H2,(H,21,23). The number of halogens is 1. The Labute approximate surface area is 167 Å².